The van der Waals surface area contributed by atoms with Gasteiger partial charge in [-0.2, -0.15) is 0 Å². The Hall–Kier alpha value is -0.0800. The minimum Gasteiger partial charge on any atom is -0.390 e. The van der Waals surface area contributed by atoms with Crippen molar-refractivity contribution in [1.29, 1.82) is 0 Å². The van der Waals surface area contributed by atoms with Gasteiger partial charge in [0, 0.05) is 0 Å². The minimum atomic E-state index is -0.532. The lowest BCUT2D eigenvalue weighted by molar-refractivity contribution is 0.00180. The van der Waals surface area contributed by atoms with Crippen LogP contribution in [0.2, 0.25) is 0 Å². The van der Waals surface area contributed by atoms with E-state index in [0.29, 0.717) is 12.3 Å². The zero-order valence-electron chi connectivity index (χ0n) is 11.3. The van der Waals surface area contributed by atoms with Gasteiger partial charge in [0.2, 0.25) is 0 Å². The highest BCUT2D eigenvalue weighted by Crippen LogP contribution is 2.14. The summed E-state index contributed by atoms with van der Waals surface area (Å²) < 4.78 is 0. The van der Waals surface area contributed by atoms with E-state index in [9.17, 15) is 10.2 Å². The number of hydrogen-bond donors (Lipinski definition) is 2. The molecule has 0 amide bonds. The third kappa shape index (κ3) is 9.17. The van der Waals surface area contributed by atoms with Crippen molar-refractivity contribution in [3.63, 3.8) is 0 Å². The normalized spacial score (nSPS) is 15.4. The quantitative estimate of drug-likeness (QED) is 0.564. The van der Waals surface area contributed by atoms with E-state index in [0.717, 1.165) is 12.8 Å². The molecule has 0 aliphatic rings. The number of hydrogen-bond acceptors (Lipinski definition) is 2. The molecule has 98 valence electrons. The van der Waals surface area contributed by atoms with Gasteiger partial charge in [-0.25, -0.2) is 0 Å². The van der Waals surface area contributed by atoms with Gasteiger partial charge in [0.25, 0.3) is 0 Å². The molecule has 0 saturated heterocycles. The molecule has 0 aromatic heterocycles. The maximum atomic E-state index is 9.72. The topological polar surface area (TPSA) is 40.5 Å². The van der Waals surface area contributed by atoms with Gasteiger partial charge >= 0.3 is 0 Å². The van der Waals surface area contributed by atoms with Crippen molar-refractivity contribution >= 4 is 0 Å². The van der Waals surface area contributed by atoms with E-state index in [1.807, 2.05) is 0 Å². The van der Waals surface area contributed by atoms with E-state index in [1.165, 1.54) is 32.1 Å². The van der Waals surface area contributed by atoms with Crippen LogP contribution in [0.1, 0.15) is 72.1 Å². The fourth-order valence-corrected chi connectivity index (χ4v) is 1.97. The summed E-state index contributed by atoms with van der Waals surface area (Å²) >= 11 is 0. The molecule has 0 aliphatic carbocycles. The maximum absolute atomic E-state index is 9.72. The van der Waals surface area contributed by atoms with Gasteiger partial charge < -0.3 is 10.2 Å². The Balaban J connectivity index is 3.38. The van der Waals surface area contributed by atoms with Crippen molar-refractivity contribution in [2.75, 3.05) is 0 Å². The molecule has 0 fully saturated rings. The summed E-state index contributed by atoms with van der Waals surface area (Å²) in [5.74, 6) is 0.453. The Labute approximate surface area is 101 Å². The van der Waals surface area contributed by atoms with Crippen molar-refractivity contribution in [2.45, 2.75) is 84.3 Å². The molecule has 2 heteroatoms. The third-order valence-electron chi connectivity index (χ3n) is 3.01. The molecule has 0 aromatic rings. The molecule has 16 heavy (non-hydrogen) atoms. The van der Waals surface area contributed by atoms with Crippen molar-refractivity contribution in [3.05, 3.63) is 0 Å². The number of aliphatic hydroxyl groups excluding tert-OH is 2. The van der Waals surface area contributed by atoms with E-state index in [-0.39, 0.29) is 0 Å². The Morgan fingerprint density at radius 2 is 1.38 bits per heavy atom. The van der Waals surface area contributed by atoms with Crippen LogP contribution in [0.25, 0.3) is 0 Å². The highest BCUT2D eigenvalue weighted by atomic mass is 16.3. The van der Waals surface area contributed by atoms with Crippen LogP contribution >= 0.6 is 0 Å². The lowest BCUT2D eigenvalue weighted by Gasteiger charge is -2.19. The molecule has 0 saturated carbocycles. The Bertz CT molecular complexity index is 146. The van der Waals surface area contributed by atoms with Gasteiger partial charge in [-0.3, -0.25) is 0 Å². The van der Waals surface area contributed by atoms with Crippen LogP contribution < -0.4 is 0 Å². The Morgan fingerprint density at radius 1 is 0.812 bits per heavy atom. The first-order valence-corrected chi connectivity index (χ1v) is 6.94. The third-order valence-corrected chi connectivity index (χ3v) is 3.01. The monoisotopic (exact) mass is 230 g/mol. The molecular formula is C14H30O2. The molecular weight excluding hydrogens is 200 g/mol. The second kappa shape index (κ2) is 10.1. The van der Waals surface area contributed by atoms with Gasteiger partial charge in [0.05, 0.1) is 12.2 Å². The van der Waals surface area contributed by atoms with Gasteiger partial charge in [-0.1, -0.05) is 59.3 Å². The van der Waals surface area contributed by atoms with E-state index in [4.69, 9.17) is 0 Å². The van der Waals surface area contributed by atoms with Gasteiger partial charge in [-0.15, -0.1) is 0 Å². The summed E-state index contributed by atoms with van der Waals surface area (Å²) in [5, 5.41) is 19.4. The molecule has 2 N–H and O–H groups in total. The summed E-state index contributed by atoms with van der Waals surface area (Å²) in [6, 6.07) is 0. The fraction of sp³-hybridized carbons (Fsp3) is 1.00. The standard InChI is InChI=1S/C14H30O2/c1-4-5-6-7-8-9-10-13(15)14(16)11-12(2)3/h12-16H,4-11H2,1-3H3. The lowest BCUT2D eigenvalue weighted by atomic mass is 9.98. The smallest absolute Gasteiger partial charge is 0.0801 e. The van der Waals surface area contributed by atoms with Crippen LogP contribution in [-0.4, -0.2) is 22.4 Å². The first kappa shape index (κ1) is 15.9. The fourth-order valence-electron chi connectivity index (χ4n) is 1.97. The molecule has 0 heterocycles. The zero-order valence-corrected chi connectivity index (χ0v) is 11.3. The zero-order chi connectivity index (χ0) is 12.4. The average molecular weight is 230 g/mol. The van der Waals surface area contributed by atoms with Crippen LogP contribution in [0.4, 0.5) is 0 Å². The van der Waals surface area contributed by atoms with E-state index >= 15 is 0 Å². The first-order chi connectivity index (χ1) is 7.57. The minimum absolute atomic E-state index is 0.453. The average Bonchev–Trinajstić information content (AvgIpc) is 2.21. The molecule has 2 nitrogen and oxygen atoms in total. The molecule has 0 bridgehead atoms. The molecule has 2 atom stereocenters. The number of aliphatic hydroxyl groups is 2. The van der Waals surface area contributed by atoms with Crippen molar-refractivity contribution in [3.8, 4) is 0 Å². The van der Waals surface area contributed by atoms with Crippen molar-refractivity contribution < 1.29 is 10.2 Å². The second-order valence-electron chi connectivity index (χ2n) is 5.32. The second-order valence-corrected chi connectivity index (χ2v) is 5.32. The van der Waals surface area contributed by atoms with Gasteiger partial charge in [0.1, 0.15) is 0 Å². The largest absolute Gasteiger partial charge is 0.390 e. The lowest BCUT2D eigenvalue weighted by Crippen LogP contribution is -2.27. The van der Waals surface area contributed by atoms with Crippen LogP contribution in [0.5, 0.6) is 0 Å². The van der Waals surface area contributed by atoms with Crippen LogP contribution in [0.15, 0.2) is 0 Å². The maximum Gasteiger partial charge on any atom is 0.0801 e. The van der Waals surface area contributed by atoms with E-state index in [1.54, 1.807) is 0 Å². The summed E-state index contributed by atoms with van der Waals surface area (Å²) in [4.78, 5) is 0. The molecule has 0 aromatic carbocycles. The molecule has 0 rings (SSSR count). The Kier molecular flexibility index (Phi) is 10.0. The van der Waals surface area contributed by atoms with Crippen LogP contribution in [-0.2, 0) is 0 Å². The van der Waals surface area contributed by atoms with E-state index < -0.39 is 12.2 Å². The molecule has 0 aliphatic heterocycles. The molecule has 2 unspecified atom stereocenters. The summed E-state index contributed by atoms with van der Waals surface area (Å²) in [6.07, 6.45) is 7.79. The predicted octanol–water partition coefficient (Wildman–Crippen LogP) is 3.50. The highest BCUT2D eigenvalue weighted by molar-refractivity contribution is 4.68. The number of rotatable bonds is 10. The van der Waals surface area contributed by atoms with Crippen molar-refractivity contribution in [2.24, 2.45) is 5.92 Å². The summed E-state index contributed by atoms with van der Waals surface area (Å²) in [5.41, 5.74) is 0. The summed E-state index contributed by atoms with van der Waals surface area (Å²) in [6.45, 7) is 6.35. The SMILES string of the molecule is CCCCCCCCC(O)C(O)CC(C)C. The predicted molar refractivity (Wildman–Crippen MR) is 69.5 cm³/mol. The Morgan fingerprint density at radius 3 is 1.94 bits per heavy atom. The molecule has 0 radical (unpaired) electrons. The van der Waals surface area contributed by atoms with Gasteiger partial charge in [0.15, 0.2) is 0 Å². The van der Waals surface area contributed by atoms with Crippen LogP contribution in [0, 0.1) is 5.92 Å². The summed E-state index contributed by atoms with van der Waals surface area (Å²) in [7, 11) is 0. The highest BCUT2D eigenvalue weighted by Gasteiger charge is 2.16. The number of unbranched alkanes of at least 4 members (excludes halogenated alkanes) is 5. The first-order valence-electron chi connectivity index (χ1n) is 6.94. The van der Waals surface area contributed by atoms with Crippen LogP contribution in [0.3, 0.4) is 0 Å². The van der Waals surface area contributed by atoms with Crippen molar-refractivity contribution in [1.82, 2.24) is 0 Å². The van der Waals surface area contributed by atoms with E-state index in [2.05, 4.69) is 20.8 Å². The molecule has 0 spiro atoms. The van der Waals surface area contributed by atoms with Gasteiger partial charge in [-0.05, 0) is 18.8 Å².